The summed E-state index contributed by atoms with van der Waals surface area (Å²) in [5, 5.41) is 0.610. The minimum Gasteiger partial charge on any atom is -0.456 e. The number of sulfonamides is 1. The summed E-state index contributed by atoms with van der Waals surface area (Å²) in [6, 6.07) is 9.34. The highest BCUT2D eigenvalue weighted by molar-refractivity contribution is 7.93. The number of benzene rings is 1. The smallest absolute Gasteiger partial charge is 0.338 e. The van der Waals surface area contributed by atoms with Crippen LogP contribution in [0.15, 0.2) is 36.4 Å². The Kier molecular flexibility index (Phi) is 5.17. The van der Waals surface area contributed by atoms with E-state index in [1.165, 1.54) is 16.4 Å². The number of anilines is 1. The zero-order valence-corrected chi connectivity index (χ0v) is 15.3. The maximum Gasteiger partial charge on any atom is 0.338 e. The first-order valence-electron chi connectivity index (χ1n) is 7.45. The van der Waals surface area contributed by atoms with Crippen LogP contribution in [-0.2, 0) is 21.4 Å². The van der Waals surface area contributed by atoms with Crippen molar-refractivity contribution in [2.75, 3.05) is 16.6 Å². The molecule has 0 radical (unpaired) electrons. The van der Waals surface area contributed by atoms with Crippen molar-refractivity contribution in [3.63, 3.8) is 0 Å². The summed E-state index contributed by atoms with van der Waals surface area (Å²) in [6.07, 6.45) is 0.597. The van der Waals surface area contributed by atoms with Crippen LogP contribution in [0.5, 0.6) is 0 Å². The molecular formula is C16H14Cl2N2O4S. The summed E-state index contributed by atoms with van der Waals surface area (Å²) in [7, 11) is -3.25. The van der Waals surface area contributed by atoms with Gasteiger partial charge in [-0.2, -0.15) is 0 Å². The summed E-state index contributed by atoms with van der Waals surface area (Å²) in [5.74, 6) is -0.418. The SMILES string of the molecule is O=C(OCc1nc(Cl)ccc1Cl)c1ccc(N2CCCS2(=O)=O)cc1. The van der Waals surface area contributed by atoms with Crippen molar-refractivity contribution < 1.29 is 17.9 Å². The Morgan fingerprint density at radius 2 is 1.88 bits per heavy atom. The van der Waals surface area contributed by atoms with Crippen LogP contribution in [0.3, 0.4) is 0 Å². The van der Waals surface area contributed by atoms with E-state index in [0.29, 0.717) is 34.9 Å². The molecule has 1 aliphatic heterocycles. The molecule has 0 N–H and O–H groups in total. The van der Waals surface area contributed by atoms with Gasteiger partial charge in [0.05, 0.1) is 27.7 Å². The number of ether oxygens (including phenoxy) is 1. The maximum absolute atomic E-state index is 12.1. The maximum atomic E-state index is 12.1. The molecule has 1 saturated heterocycles. The number of hydrogen-bond acceptors (Lipinski definition) is 5. The topological polar surface area (TPSA) is 76.6 Å². The third-order valence-corrected chi connectivity index (χ3v) is 6.14. The highest BCUT2D eigenvalue weighted by atomic mass is 35.5. The molecule has 1 aliphatic rings. The number of pyridine rings is 1. The Balaban J connectivity index is 1.68. The van der Waals surface area contributed by atoms with Gasteiger partial charge in [0.1, 0.15) is 11.8 Å². The van der Waals surface area contributed by atoms with Crippen molar-refractivity contribution in [2.24, 2.45) is 0 Å². The molecule has 0 bridgehead atoms. The zero-order chi connectivity index (χ0) is 18.0. The van der Waals surface area contributed by atoms with Gasteiger partial charge in [-0.15, -0.1) is 0 Å². The molecule has 0 amide bonds. The molecule has 25 heavy (non-hydrogen) atoms. The van der Waals surface area contributed by atoms with Crippen molar-refractivity contribution in [1.29, 1.82) is 0 Å². The largest absolute Gasteiger partial charge is 0.456 e. The second-order valence-corrected chi connectivity index (χ2v) is 8.23. The van der Waals surface area contributed by atoms with Crippen LogP contribution in [0.1, 0.15) is 22.5 Å². The van der Waals surface area contributed by atoms with E-state index in [1.807, 2.05) is 0 Å². The fourth-order valence-corrected chi connectivity index (χ4v) is 4.36. The predicted molar refractivity (Wildman–Crippen MR) is 95.6 cm³/mol. The van der Waals surface area contributed by atoms with E-state index in [2.05, 4.69) is 4.98 Å². The molecule has 0 atom stereocenters. The number of esters is 1. The summed E-state index contributed by atoms with van der Waals surface area (Å²) >= 11 is 11.8. The van der Waals surface area contributed by atoms with Gasteiger partial charge in [0.25, 0.3) is 0 Å². The van der Waals surface area contributed by atoms with Crippen LogP contribution in [-0.4, -0.2) is 31.7 Å². The summed E-state index contributed by atoms with van der Waals surface area (Å²) in [5.41, 5.74) is 1.20. The van der Waals surface area contributed by atoms with Gasteiger partial charge in [-0.3, -0.25) is 4.31 Å². The lowest BCUT2D eigenvalue weighted by atomic mass is 10.2. The Bertz CT molecular complexity index is 901. The van der Waals surface area contributed by atoms with E-state index < -0.39 is 16.0 Å². The number of nitrogens with zero attached hydrogens (tertiary/aromatic N) is 2. The molecule has 3 rings (SSSR count). The van der Waals surface area contributed by atoms with E-state index in [0.717, 1.165) is 0 Å². The normalized spacial score (nSPS) is 16.0. The summed E-state index contributed by atoms with van der Waals surface area (Å²) in [6.45, 7) is 0.339. The monoisotopic (exact) mass is 400 g/mol. The van der Waals surface area contributed by atoms with Crippen LogP contribution in [0, 0.1) is 0 Å². The van der Waals surface area contributed by atoms with Gasteiger partial charge in [-0.25, -0.2) is 18.2 Å². The molecule has 2 aromatic rings. The van der Waals surface area contributed by atoms with Gasteiger partial charge in [-0.1, -0.05) is 23.2 Å². The van der Waals surface area contributed by atoms with E-state index in [1.54, 1.807) is 24.3 Å². The molecule has 132 valence electrons. The molecule has 6 nitrogen and oxygen atoms in total. The average molecular weight is 401 g/mol. The second-order valence-electron chi connectivity index (χ2n) is 5.43. The first-order chi connectivity index (χ1) is 11.9. The third kappa shape index (κ3) is 4.05. The van der Waals surface area contributed by atoms with Gasteiger partial charge in [-0.05, 0) is 42.8 Å². The number of halogens is 2. The highest BCUT2D eigenvalue weighted by Gasteiger charge is 2.28. The van der Waals surface area contributed by atoms with Crippen LogP contribution < -0.4 is 4.31 Å². The lowest BCUT2D eigenvalue weighted by Gasteiger charge is -2.16. The Hall–Kier alpha value is -1.83. The molecule has 0 spiro atoms. The van der Waals surface area contributed by atoms with Crippen molar-refractivity contribution in [3.8, 4) is 0 Å². The Labute approximate surface area is 155 Å². The molecule has 1 aromatic carbocycles. The van der Waals surface area contributed by atoms with Crippen LogP contribution in [0.4, 0.5) is 5.69 Å². The van der Waals surface area contributed by atoms with Gasteiger partial charge in [0.15, 0.2) is 0 Å². The molecule has 2 heterocycles. The molecule has 0 saturated carbocycles. The van der Waals surface area contributed by atoms with E-state index in [-0.39, 0.29) is 17.5 Å². The van der Waals surface area contributed by atoms with Gasteiger partial charge >= 0.3 is 5.97 Å². The predicted octanol–water partition coefficient (Wildman–Crippen LogP) is 3.29. The minimum absolute atomic E-state index is 0.111. The van der Waals surface area contributed by atoms with Gasteiger partial charge < -0.3 is 4.74 Å². The Morgan fingerprint density at radius 1 is 1.16 bits per heavy atom. The minimum atomic E-state index is -3.25. The zero-order valence-electron chi connectivity index (χ0n) is 13.0. The average Bonchev–Trinajstić information content (AvgIpc) is 2.95. The third-order valence-electron chi connectivity index (χ3n) is 3.71. The number of carbonyl (C=O) groups is 1. The van der Waals surface area contributed by atoms with E-state index in [4.69, 9.17) is 27.9 Å². The summed E-state index contributed by atoms with van der Waals surface area (Å²) in [4.78, 5) is 16.1. The molecular weight excluding hydrogens is 387 g/mol. The van der Waals surface area contributed by atoms with Crippen LogP contribution in [0.2, 0.25) is 10.2 Å². The number of aromatic nitrogens is 1. The van der Waals surface area contributed by atoms with Gasteiger partial charge in [0, 0.05) is 6.54 Å². The number of hydrogen-bond donors (Lipinski definition) is 0. The standard InChI is InChI=1S/C16H14Cl2N2O4S/c17-13-6-7-15(18)19-14(13)10-24-16(21)11-2-4-12(5-3-11)20-8-1-9-25(20,22)23/h2-7H,1,8-10H2. The van der Waals surface area contributed by atoms with Crippen LogP contribution >= 0.6 is 23.2 Å². The first-order valence-corrected chi connectivity index (χ1v) is 9.82. The fraction of sp³-hybridized carbons (Fsp3) is 0.250. The molecule has 9 heteroatoms. The number of carbonyl (C=O) groups excluding carboxylic acids is 1. The van der Waals surface area contributed by atoms with Crippen molar-refractivity contribution in [3.05, 3.63) is 57.8 Å². The lowest BCUT2D eigenvalue weighted by molar-refractivity contribution is 0.0468. The Morgan fingerprint density at radius 3 is 2.52 bits per heavy atom. The van der Waals surface area contributed by atoms with E-state index >= 15 is 0 Å². The molecule has 0 unspecified atom stereocenters. The second kappa shape index (κ2) is 7.19. The molecule has 1 aromatic heterocycles. The fourth-order valence-electron chi connectivity index (χ4n) is 2.47. The quantitative estimate of drug-likeness (QED) is 0.581. The highest BCUT2D eigenvalue weighted by Crippen LogP contribution is 2.24. The van der Waals surface area contributed by atoms with E-state index in [9.17, 15) is 13.2 Å². The first kappa shape index (κ1) is 18.0. The summed E-state index contributed by atoms with van der Waals surface area (Å²) < 4.78 is 30.3. The van der Waals surface area contributed by atoms with Crippen molar-refractivity contribution in [2.45, 2.75) is 13.0 Å². The van der Waals surface area contributed by atoms with Gasteiger partial charge in [0.2, 0.25) is 10.0 Å². The van der Waals surface area contributed by atoms with Crippen molar-refractivity contribution >= 4 is 44.9 Å². The van der Waals surface area contributed by atoms with Crippen LogP contribution in [0.25, 0.3) is 0 Å². The number of rotatable bonds is 4. The molecule has 0 aliphatic carbocycles. The lowest BCUT2D eigenvalue weighted by Crippen LogP contribution is -2.25. The van der Waals surface area contributed by atoms with Crippen molar-refractivity contribution in [1.82, 2.24) is 4.98 Å². The molecule has 1 fully saturated rings.